The number of aliphatic hydroxyl groups is 1. The van der Waals surface area contributed by atoms with Gasteiger partial charge in [-0.3, -0.25) is 13.8 Å². The van der Waals surface area contributed by atoms with Crippen LogP contribution in [0.2, 0.25) is 0 Å². The van der Waals surface area contributed by atoms with Crippen molar-refractivity contribution in [3.63, 3.8) is 0 Å². The van der Waals surface area contributed by atoms with Gasteiger partial charge in [-0.15, -0.1) is 0 Å². The Morgan fingerprint density at radius 2 is 0.648 bits per heavy atom. The molecule has 0 aromatic heterocycles. The van der Waals surface area contributed by atoms with E-state index in [-0.39, 0.29) is 19.1 Å². The fourth-order valence-electron chi connectivity index (χ4n) is 12.3. The molecule has 0 aliphatic carbocycles. The van der Waals surface area contributed by atoms with Crippen LogP contribution < -0.4 is 5.32 Å². The monoisotopic (exact) mass is 1260 g/mol. The van der Waals surface area contributed by atoms with E-state index in [0.717, 1.165) is 51.4 Å². The van der Waals surface area contributed by atoms with Crippen molar-refractivity contribution in [1.82, 2.24) is 5.32 Å². The van der Waals surface area contributed by atoms with E-state index in [2.05, 4.69) is 55.6 Å². The van der Waals surface area contributed by atoms with Crippen LogP contribution in [0.15, 0.2) is 36.5 Å². The van der Waals surface area contributed by atoms with Crippen molar-refractivity contribution in [3.05, 3.63) is 36.5 Å². The molecule has 0 aliphatic rings. The Hall–Kier alpha value is -1.28. The minimum atomic E-state index is -4.33. The summed E-state index contributed by atoms with van der Waals surface area (Å²) >= 11 is 0. The van der Waals surface area contributed by atoms with Gasteiger partial charge in [0, 0.05) is 6.42 Å². The quantitative estimate of drug-likeness (QED) is 0.0243. The van der Waals surface area contributed by atoms with E-state index < -0.39 is 20.0 Å². The van der Waals surface area contributed by atoms with Crippen LogP contribution in [0.5, 0.6) is 0 Å². The molecular formula is C79H156N2O6P+. The summed E-state index contributed by atoms with van der Waals surface area (Å²) in [5, 5.41) is 14.2. The van der Waals surface area contributed by atoms with E-state index in [1.165, 1.54) is 334 Å². The largest absolute Gasteiger partial charge is 0.472 e. The molecule has 522 valence electrons. The van der Waals surface area contributed by atoms with Gasteiger partial charge in [-0.2, -0.15) is 0 Å². The lowest BCUT2D eigenvalue weighted by atomic mass is 10.0. The standard InChI is InChI=1S/C79H155N2O6P/c1-6-8-10-12-14-16-18-20-22-24-26-28-30-32-34-36-38-39-40-41-43-45-47-49-51-53-55-57-59-61-63-65-67-69-71-73-79(83)80-77(76-87-88(84,85)86-75-74-81(3,4)5)78(82)72-70-68-66-64-62-60-58-56-54-52-50-48-46-44-42-37-35-33-31-29-27-25-23-21-19-17-15-13-11-9-7-2/h18,20,24,26,30,32,77-78,82H,6-17,19,21-23,25,27-29,31,33-76H2,1-5H3,(H-,80,83,84,85)/p+1/b20-18-,26-24-,32-30-. The Labute approximate surface area is 550 Å². The van der Waals surface area contributed by atoms with Crippen LogP contribution in [-0.4, -0.2) is 73.4 Å². The van der Waals surface area contributed by atoms with Gasteiger partial charge < -0.3 is 19.8 Å². The average molecular weight is 1260 g/mol. The smallest absolute Gasteiger partial charge is 0.391 e. The number of quaternary nitrogens is 1. The Bertz CT molecular complexity index is 1530. The molecule has 3 unspecified atom stereocenters. The number of hydrogen-bond acceptors (Lipinski definition) is 5. The molecule has 0 aromatic carbocycles. The number of nitrogens with zero attached hydrogens (tertiary/aromatic N) is 1. The summed E-state index contributed by atoms with van der Waals surface area (Å²) in [6.45, 7) is 4.94. The van der Waals surface area contributed by atoms with Crippen molar-refractivity contribution in [2.24, 2.45) is 0 Å². The van der Waals surface area contributed by atoms with E-state index in [1.807, 2.05) is 21.1 Å². The first-order valence-electron chi connectivity index (χ1n) is 39.4. The highest BCUT2D eigenvalue weighted by atomic mass is 31.2. The molecule has 9 heteroatoms. The van der Waals surface area contributed by atoms with Crippen LogP contribution in [0.1, 0.15) is 412 Å². The van der Waals surface area contributed by atoms with Crippen LogP contribution in [0.25, 0.3) is 0 Å². The third-order valence-corrected chi connectivity index (χ3v) is 19.4. The first kappa shape index (κ1) is 86.7. The van der Waals surface area contributed by atoms with Crippen molar-refractivity contribution in [2.75, 3.05) is 40.9 Å². The summed E-state index contributed by atoms with van der Waals surface area (Å²) in [7, 11) is 1.64. The van der Waals surface area contributed by atoms with Gasteiger partial charge in [-0.05, 0) is 51.4 Å². The molecule has 0 bridgehead atoms. The zero-order chi connectivity index (χ0) is 64.1. The van der Waals surface area contributed by atoms with Gasteiger partial charge in [0.2, 0.25) is 5.91 Å². The third kappa shape index (κ3) is 72.2. The number of amides is 1. The summed E-state index contributed by atoms with van der Waals surface area (Å²) in [6, 6.07) is -0.761. The molecule has 0 heterocycles. The van der Waals surface area contributed by atoms with Crippen molar-refractivity contribution >= 4 is 13.7 Å². The Morgan fingerprint density at radius 1 is 0.386 bits per heavy atom. The zero-order valence-corrected chi connectivity index (χ0v) is 60.9. The second kappa shape index (κ2) is 70.0. The van der Waals surface area contributed by atoms with Crippen LogP contribution in [0.3, 0.4) is 0 Å². The van der Waals surface area contributed by atoms with Crippen molar-refractivity contribution in [2.45, 2.75) is 424 Å². The number of carbonyl (C=O) groups is 1. The predicted octanol–water partition coefficient (Wildman–Crippen LogP) is 25.6. The Kier molecular flexibility index (Phi) is 69.0. The molecule has 1 amide bonds. The average Bonchev–Trinajstić information content (AvgIpc) is 3.64. The highest BCUT2D eigenvalue weighted by molar-refractivity contribution is 7.47. The number of unbranched alkanes of at least 4 members (excludes halogenated alkanes) is 55. The zero-order valence-electron chi connectivity index (χ0n) is 60.0. The summed E-state index contributed by atoms with van der Waals surface area (Å²) < 4.78 is 24.0. The number of carbonyl (C=O) groups excluding carboxylic acids is 1. The van der Waals surface area contributed by atoms with Crippen LogP contribution in [0, 0.1) is 0 Å². The molecule has 0 spiro atoms. The SMILES string of the molecule is CCCCCCC/C=C\C/C=C\C/C=C\CCCCCCCCCCCCCCCCCCCCCCC(=O)NC(COP(=O)(O)OCC[N+](C)(C)C)C(O)CCCCCCCCCCCCCCCCCCCCCCCCCCCCCCCCC. The van der Waals surface area contributed by atoms with Crippen molar-refractivity contribution in [3.8, 4) is 0 Å². The van der Waals surface area contributed by atoms with E-state index >= 15 is 0 Å². The lowest BCUT2D eigenvalue weighted by Gasteiger charge is -2.26. The van der Waals surface area contributed by atoms with Gasteiger partial charge in [0.25, 0.3) is 0 Å². The van der Waals surface area contributed by atoms with Gasteiger partial charge in [-0.25, -0.2) is 4.57 Å². The third-order valence-electron chi connectivity index (χ3n) is 18.4. The molecule has 0 radical (unpaired) electrons. The second-order valence-corrected chi connectivity index (χ2v) is 29.9. The summed E-state index contributed by atoms with van der Waals surface area (Å²) in [5.74, 6) is -0.135. The number of hydrogen-bond donors (Lipinski definition) is 3. The van der Waals surface area contributed by atoms with Gasteiger partial charge in [0.1, 0.15) is 13.2 Å². The topological polar surface area (TPSA) is 105 Å². The van der Waals surface area contributed by atoms with Gasteiger partial charge in [0.15, 0.2) is 0 Å². The fourth-order valence-corrected chi connectivity index (χ4v) is 13.0. The maximum Gasteiger partial charge on any atom is 0.472 e. The summed E-state index contributed by atoms with van der Waals surface area (Å²) in [4.78, 5) is 23.5. The molecule has 0 saturated heterocycles. The van der Waals surface area contributed by atoms with E-state index in [0.29, 0.717) is 23.9 Å². The lowest BCUT2D eigenvalue weighted by molar-refractivity contribution is -0.870. The summed E-state index contributed by atoms with van der Waals surface area (Å²) in [6.07, 6.45) is 94.3. The summed E-state index contributed by atoms with van der Waals surface area (Å²) in [5.41, 5.74) is 0. The van der Waals surface area contributed by atoms with Crippen LogP contribution in [-0.2, 0) is 18.4 Å². The number of phosphoric acid groups is 1. The first-order valence-corrected chi connectivity index (χ1v) is 40.8. The minimum Gasteiger partial charge on any atom is -0.391 e. The lowest BCUT2D eigenvalue weighted by Crippen LogP contribution is -2.46. The molecule has 0 saturated carbocycles. The molecule has 0 aliphatic heterocycles. The number of phosphoric ester groups is 1. The molecule has 3 N–H and O–H groups in total. The predicted molar refractivity (Wildman–Crippen MR) is 388 cm³/mol. The van der Waals surface area contributed by atoms with Gasteiger partial charge in [-0.1, -0.05) is 391 Å². The number of likely N-dealkylation sites (N-methyl/N-ethyl adjacent to an activating group) is 1. The highest BCUT2D eigenvalue weighted by Crippen LogP contribution is 2.43. The maximum atomic E-state index is 13.1. The molecule has 88 heavy (non-hydrogen) atoms. The molecule has 0 aromatic rings. The number of allylic oxidation sites excluding steroid dienone is 6. The molecule has 0 fully saturated rings. The molecule has 0 rings (SSSR count). The minimum absolute atomic E-state index is 0.0771. The Balaban J connectivity index is 3.93. The van der Waals surface area contributed by atoms with Crippen LogP contribution in [0.4, 0.5) is 0 Å². The van der Waals surface area contributed by atoms with Gasteiger partial charge in [0.05, 0.1) is 39.9 Å². The number of rotatable bonds is 74. The van der Waals surface area contributed by atoms with Crippen molar-refractivity contribution in [1.29, 1.82) is 0 Å². The van der Waals surface area contributed by atoms with Crippen LogP contribution >= 0.6 is 7.82 Å². The van der Waals surface area contributed by atoms with Gasteiger partial charge >= 0.3 is 7.82 Å². The Morgan fingerprint density at radius 3 is 0.943 bits per heavy atom. The van der Waals surface area contributed by atoms with E-state index in [9.17, 15) is 19.4 Å². The first-order chi connectivity index (χ1) is 43.0. The normalized spacial score (nSPS) is 13.7. The highest BCUT2D eigenvalue weighted by Gasteiger charge is 2.28. The number of nitrogens with one attached hydrogen (secondary N) is 1. The van der Waals surface area contributed by atoms with E-state index in [4.69, 9.17) is 9.05 Å². The molecular weight excluding hydrogens is 1100 g/mol. The van der Waals surface area contributed by atoms with Crippen molar-refractivity contribution < 1.29 is 32.9 Å². The maximum absolute atomic E-state index is 13.1. The number of aliphatic hydroxyl groups excluding tert-OH is 1. The molecule has 8 nitrogen and oxygen atoms in total. The van der Waals surface area contributed by atoms with E-state index in [1.54, 1.807) is 0 Å². The fraction of sp³-hybridized carbons (Fsp3) is 0.911. The second-order valence-electron chi connectivity index (χ2n) is 28.4. The molecule has 3 atom stereocenters.